The van der Waals surface area contributed by atoms with E-state index in [0.717, 1.165) is 59.2 Å². The third kappa shape index (κ3) is 3.71. The standard InChI is InChI=1S/C23H24N2O2/c1-16-6-7-19-14-18(8-9-22(19)24-16)17-4-3-5-20(15-17)23(26)25-12-10-21(27-2)11-13-25/h3-9,14-15,21H,10-13H2,1-2H3. The van der Waals surface area contributed by atoms with Gasteiger partial charge in [0.25, 0.3) is 5.91 Å². The summed E-state index contributed by atoms with van der Waals surface area (Å²) in [6.07, 6.45) is 2.08. The van der Waals surface area contributed by atoms with Gasteiger partial charge in [-0.05, 0) is 61.2 Å². The van der Waals surface area contributed by atoms with Gasteiger partial charge in [0.15, 0.2) is 0 Å². The molecule has 1 fully saturated rings. The summed E-state index contributed by atoms with van der Waals surface area (Å²) in [7, 11) is 1.74. The van der Waals surface area contributed by atoms with Gasteiger partial charge in [-0.25, -0.2) is 0 Å². The first-order valence-electron chi connectivity index (χ1n) is 9.44. The van der Waals surface area contributed by atoms with E-state index in [1.54, 1.807) is 7.11 Å². The van der Waals surface area contributed by atoms with Crippen LogP contribution in [0, 0.1) is 6.92 Å². The molecule has 0 saturated carbocycles. The molecule has 4 heteroatoms. The summed E-state index contributed by atoms with van der Waals surface area (Å²) in [4.78, 5) is 19.4. The largest absolute Gasteiger partial charge is 0.381 e. The van der Waals surface area contributed by atoms with Crippen molar-refractivity contribution in [2.45, 2.75) is 25.9 Å². The van der Waals surface area contributed by atoms with Crippen LogP contribution in [0.2, 0.25) is 0 Å². The Labute approximate surface area is 159 Å². The Morgan fingerprint density at radius 1 is 1.04 bits per heavy atom. The number of carbonyl (C=O) groups excluding carboxylic acids is 1. The summed E-state index contributed by atoms with van der Waals surface area (Å²) in [6.45, 7) is 3.50. The highest BCUT2D eigenvalue weighted by Crippen LogP contribution is 2.25. The monoisotopic (exact) mass is 360 g/mol. The molecule has 1 amide bonds. The van der Waals surface area contributed by atoms with Crippen molar-refractivity contribution in [1.29, 1.82) is 0 Å². The molecule has 3 aromatic rings. The smallest absolute Gasteiger partial charge is 0.253 e. The second-order valence-electron chi connectivity index (χ2n) is 7.17. The second-order valence-corrected chi connectivity index (χ2v) is 7.17. The van der Waals surface area contributed by atoms with Crippen LogP contribution in [0.15, 0.2) is 54.6 Å². The molecule has 4 rings (SSSR count). The number of benzene rings is 2. The van der Waals surface area contributed by atoms with E-state index in [0.29, 0.717) is 0 Å². The molecule has 0 bridgehead atoms. The molecule has 0 unspecified atom stereocenters. The predicted octanol–water partition coefficient (Wildman–Crippen LogP) is 4.46. The van der Waals surface area contributed by atoms with E-state index >= 15 is 0 Å². The van der Waals surface area contributed by atoms with Gasteiger partial charge in [0, 0.05) is 36.8 Å². The number of hydrogen-bond donors (Lipinski definition) is 0. The highest BCUT2D eigenvalue weighted by Gasteiger charge is 2.23. The van der Waals surface area contributed by atoms with E-state index < -0.39 is 0 Å². The van der Waals surface area contributed by atoms with Gasteiger partial charge in [0.1, 0.15) is 0 Å². The Hall–Kier alpha value is -2.72. The van der Waals surface area contributed by atoms with Crippen LogP contribution in [0.1, 0.15) is 28.9 Å². The fourth-order valence-corrected chi connectivity index (χ4v) is 3.72. The van der Waals surface area contributed by atoms with E-state index in [2.05, 4.69) is 29.2 Å². The molecule has 138 valence electrons. The first kappa shape index (κ1) is 17.7. The second kappa shape index (κ2) is 7.49. The Morgan fingerprint density at radius 3 is 2.59 bits per heavy atom. The number of nitrogens with zero attached hydrogens (tertiary/aromatic N) is 2. The van der Waals surface area contributed by atoms with Crippen LogP contribution in [0.3, 0.4) is 0 Å². The number of amides is 1. The van der Waals surface area contributed by atoms with Gasteiger partial charge in [0.05, 0.1) is 11.6 Å². The van der Waals surface area contributed by atoms with E-state index in [4.69, 9.17) is 4.74 Å². The van der Waals surface area contributed by atoms with Crippen molar-refractivity contribution in [3.63, 3.8) is 0 Å². The molecule has 1 aromatic heterocycles. The Bertz CT molecular complexity index is 975. The first-order chi connectivity index (χ1) is 13.1. The SMILES string of the molecule is COC1CCN(C(=O)c2cccc(-c3ccc4nc(C)ccc4c3)c2)CC1. The summed E-state index contributed by atoms with van der Waals surface area (Å²) >= 11 is 0. The third-order valence-electron chi connectivity index (χ3n) is 5.33. The summed E-state index contributed by atoms with van der Waals surface area (Å²) in [5.74, 6) is 0.101. The molecule has 1 aliphatic heterocycles. The number of piperidine rings is 1. The summed E-state index contributed by atoms with van der Waals surface area (Å²) in [5.41, 5.74) is 4.90. The van der Waals surface area contributed by atoms with Crippen molar-refractivity contribution in [3.05, 3.63) is 65.9 Å². The molecule has 27 heavy (non-hydrogen) atoms. The lowest BCUT2D eigenvalue weighted by Crippen LogP contribution is -2.40. The van der Waals surface area contributed by atoms with Gasteiger partial charge in [-0.2, -0.15) is 0 Å². The molecule has 1 aliphatic rings. The summed E-state index contributed by atoms with van der Waals surface area (Å²) in [5, 5.41) is 1.11. The molecule has 2 heterocycles. The molecule has 0 N–H and O–H groups in total. The van der Waals surface area contributed by atoms with Gasteiger partial charge >= 0.3 is 0 Å². The molecule has 0 radical (unpaired) electrons. The maximum absolute atomic E-state index is 12.9. The summed E-state index contributed by atoms with van der Waals surface area (Å²) < 4.78 is 5.40. The van der Waals surface area contributed by atoms with E-state index in [-0.39, 0.29) is 12.0 Å². The number of aryl methyl sites for hydroxylation is 1. The molecule has 0 atom stereocenters. The number of rotatable bonds is 3. The Morgan fingerprint density at radius 2 is 1.81 bits per heavy atom. The van der Waals surface area contributed by atoms with Crippen LogP contribution in [-0.2, 0) is 4.74 Å². The topological polar surface area (TPSA) is 42.4 Å². The zero-order valence-corrected chi connectivity index (χ0v) is 15.8. The molecular weight excluding hydrogens is 336 g/mol. The number of pyridine rings is 1. The fourth-order valence-electron chi connectivity index (χ4n) is 3.72. The zero-order valence-electron chi connectivity index (χ0n) is 15.8. The maximum atomic E-state index is 12.9. The van der Waals surface area contributed by atoms with Crippen molar-refractivity contribution in [2.75, 3.05) is 20.2 Å². The number of ether oxygens (including phenoxy) is 1. The van der Waals surface area contributed by atoms with Crippen molar-refractivity contribution in [3.8, 4) is 11.1 Å². The van der Waals surface area contributed by atoms with Crippen molar-refractivity contribution < 1.29 is 9.53 Å². The van der Waals surface area contributed by atoms with Crippen LogP contribution in [0.25, 0.3) is 22.0 Å². The van der Waals surface area contributed by atoms with Crippen molar-refractivity contribution in [1.82, 2.24) is 9.88 Å². The van der Waals surface area contributed by atoms with Crippen LogP contribution in [0.5, 0.6) is 0 Å². The van der Waals surface area contributed by atoms with Crippen molar-refractivity contribution >= 4 is 16.8 Å². The highest BCUT2D eigenvalue weighted by molar-refractivity contribution is 5.96. The average molecular weight is 360 g/mol. The van der Waals surface area contributed by atoms with Gasteiger partial charge in [0.2, 0.25) is 0 Å². The maximum Gasteiger partial charge on any atom is 0.253 e. The van der Waals surface area contributed by atoms with Crippen molar-refractivity contribution in [2.24, 2.45) is 0 Å². The number of fused-ring (bicyclic) bond motifs is 1. The molecule has 4 nitrogen and oxygen atoms in total. The lowest BCUT2D eigenvalue weighted by Gasteiger charge is -2.31. The quantitative estimate of drug-likeness (QED) is 0.692. The number of carbonyl (C=O) groups is 1. The zero-order chi connectivity index (χ0) is 18.8. The van der Waals surface area contributed by atoms with Gasteiger partial charge in [-0.15, -0.1) is 0 Å². The van der Waals surface area contributed by atoms with E-state index in [1.165, 1.54) is 0 Å². The number of hydrogen-bond acceptors (Lipinski definition) is 3. The Balaban J connectivity index is 1.59. The fraction of sp³-hybridized carbons (Fsp3) is 0.304. The minimum Gasteiger partial charge on any atom is -0.381 e. The Kier molecular flexibility index (Phi) is 4.90. The predicted molar refractivity (Wildman–Crippen MR) is 108 cm³/mol. The van der Waals surface area contributed by atoms with Gasteiger partial charge < -0.3 is 9.64 Å². The molecule has 0 spiro atoms. The number of aromatic nitrogens is 1. The van der Waals surface area contributed by atoms with Crippen LogP contribution >= 0.6 is 0 Å². The van der Waals surface area contributed by atoms with Crippen LogP contribution in [0.4, 0.5) is 0 Å². The van der Waals surface area contributed by atoms with E-state index in [1.807, 2.05) is 42.2 Å². The van der Waals surface area contributed by atoms with Gasteiger partial charge in [-0.3, -0.25) is 9.78 Å². The molecule has 1 saturated heterocycles. The number of methoxy groups -OCH3 is 1. The molecular formula is C23H24N2O2. The lowest BCUT2D eigenvalue weighted by atomic mass is 10.00. The van der Waals surface area contributed by atoms with E-state index in [9.17, 15) is 4.79 Å². The summed E-state index contributed by atoms with van der Waals surface area (Å²) in [6, 6.07) is 18.3. The third-order valence-corrected chi connectivity index (χ3v) is 5.33. The highest BCUT2D eigenvalue weighted by atomic mass is 16.5. The molecule has 2 aromatic carbocycles. The molecule has 0 aliphatic carbocycles. The number of likely N-dealkylation sites (tertiary alicyclic amines) is 1. The first-order valence-corrected chi connectivity index (χ1v) is 9.44. The normalized spacial score (nSPS) is 15.3. The lowest BCUT2D eigenvalue weighted by molar-refractivity contribution is 0.0351. The van der Waals surface area contributed by atoms with Crippen LogP contribution < -0.4 is 0 Å². The van der Waals surface area contributed by atoms with Crippen LogP contribution in [-0.4, -0.2) is 42.1 Å². The van der Waals surface area contributed by atoms with Gasteiger partial charge in [-0.1, -0.05) is 24.3 Å². The average Bonchev–Trinajstić information content (AvgIpc) is 2.73. The minimum atomic E-state index is 0.101. The minimum absolute atomic E-state index is 0.101.